The van der Waals surface area contributed by atoms with Gasteiger partial charge in [-0.3, -0.25) is 4.90 Å². The van der Waals surface area contributed by atoms with E-state index < -0.39 is 0 Å². The molecule has 2 heteroatoms. The zero-order valence-electron chi connectivity index (χ0n) is 11.0. The van der Waals surface area contributed by atoms with Gasteiger partial charge in [-0.15, -0.1) is 0 Å². The number of nitrogens with zero attached hydrogens (tertiary/aromatic N) is 1. The van der Waals surface area contributed by atoms with Crippen molar-refractivity contribution in [3.8, 4) is 0 Å². The Hall–Kier alpha value is -0.0800. The highest BCUT2D eigenvalue weighted by molar-refractivity contribution is 4.85. The smallest absolute Gasteiger partial charge is 0.0664 e. The van der Waals surface area contributed by atoms with E-state index in [-0.39, 0.29) is 12.1 Å². The second-order valence-electron chi connectivity index (χ2n) is 6.04. The molecule has 0 bridgehead atoms. The van der Waals surface area contributed by atoms with Crippen molar-refractivity contribution in [2.24, 2.45) is 5.41 Å². The molecule has 0 aromatic heterocycles. The number of rotatable bonds is 3. The molecule has 2 nitrogen and oxygen atoms in total. The van der Waals surface area contributed by atoms with Crippen molar-refractivity contribution in [3.05, 3.63) is 0 Å². The van der Waals surface area contributed by atoms with E-state index >= 15 is 0 Å². The standard InChI is InChI=1S/C13H27NO/c1-10(11(2)15)14(5)12-6-8-13(3,4)9-7-12/h10-12,15H,6-9H2,1-5H3. The fourth-order valence-corrected chi connectivity index (χ4v) is 2.46. The minimum atomic E-state index is -0.232. The average Bonchev–Trinajstić information content (AvgIpc) is 2.15. The van der Waals surface area contributed by atoms with Crippen LogP contribution in [0.3, 0.4) is 0 Å². The van der Waals surface area contributed by atoms with Crippen LogP contribution in [0, 0.1) is 5.41 Å². The van der Waals surface area contributed by atoms with E-state index in [1.165, 1.54) is 25.7 Å². The summed E-state index contributed by atoms with van der Waals surface area (Å²) in [4.78, 5) is 2.36. The van der Waals surface area contributed by atoms with Crippen molar-refractivity contribution in [2.45, 2.75) is 71.6 Å². The van der Waals surface area contributed by atoms with Gasteiger partial charge in [0, 0.05) is 12.1 Å². The molecule has 2 unspecified atom stereocenters. The molecule has 0 aromatic carbocycles. The maximum Gasteiger partial charge on any atom is 0.0664 e. The molecule has 1 N–H and O–H groups in total. The van der Waals surface area contributed by atoms with E-state index in [2.05, 4.69) is 32.7 Å². The van der Waals surface area contributed by atoms with Gasteiger partial charge in [0.15, 0.2) is 0 Å². The first kappa shape index (κ1) is 13.0. The molecule has 2 atom stereocenters. The van der Waals surface area contributed by atoms with Gasteiger partial charge in [-0.05, 0) is 52.0 Å². The summed E-state index contributed by atoms with van der Waals surface area (Å²) >= 11 is 0. The van der Waals surface area contributed by atoms with E-state index in [1.54, 1.807) is 0 Å². The van der Waals surface area contributed by atoms with Gasteiger partial charge in [-0.1, -0.05) is 13.8 Å². The van der Waals surface area contributed by atoms with Crippen molar-refractivity contribution in [1.29, 1.82) is 0 Å². The molecular weight excluding hydrogens is 186 g/mol. The Labute approximate surface area is 94.7 Å². The topological polar surface area (TPSA) is 23.5 Å². The molecule has 15 heavy (non-hydrogen) atoms. The fraction of sp³-hybridized carbons (Fsp3) is 1.00. The third kappa shape index (κ3) is 3.46. The van der Waals surface area contributed by atoms with E-state index in [4.69, 9.17) is 0 Å². The highest BCUT2D eigenvalue weighted by atomic mass is 16.3. The third-order valence-electron chi connectivity index (χ3n) is 4.23. The van der Waals surface area contributed by atoms with Crippen molar-refractivity contribution in [1.82, 2.24) is 4.90 Å². The van der Waals surface area contributed by atoms with Gasteiger partial charge in [0.1, 0.15) is 0 Å². The van der Waals surface area contributed by atoms with E-state index in [0.717, 1.165) is 0 Å². The lowest BCUT2D eigenvalue weighted by Crippen LogP contribution is -2.46. The molecule has 0 radical (unpaired) electrons. The summed E-state index contributed by atoms with van der Waals surface area (Å²) < 4.78 is 0. The van der Waals surface area contributed by atoms with Crippen molar-refractivity contribution in [3.63, 3.8) is 0 Å². The Morgan fingerprint density at radius 3 is 2.07 bits per heavy atom. The first-order valence-corrected chi connectivity index (χ1v) is 6.23. The summed E-state index contributed by atoms with van der Waals surface area (Å²) in [5.74, 6) is 0. The summed E-state index contributed by atoms with van der Waals surface area (Å²) in [6.07, 6.45) is 4.95. The molecule has 1 aliphatic rings. The Morgan fingerprint density at radius 1 is 1.20 bits per heavy atom. The Bertz CT molecular complexity index is 191. The predicted octanol–water partition coefficient (Wildman–Crippen LogP) is 2.66. The number of hydrogen-bond donors (Lipinski definition) is 1. The average molecular weight is 213 g/mol. The van der Waals surface area contributed by atoms with Gasteiger partial charge >= 0.3 is 0 Å². The van der Waals surface area contributed by atoms with E-state index in [1.807, 2.05) is 6.92 Å². The maximum absolute atomic E-state index is 9.58. The molecule has 0 amide bonds. The van der Waals surface area contributed by atoms with Gasteiger partial charge in [-0.25, -0.2) is 0 Å². The highest BCUT2D eigenvalue weighted by Crippen LogP contribution is 2.37. The molecule has 1 rings (SSSR count). The summed E-state index contributed by atoms with van der Waals surface area (Å²) in [5.41, 5.74) is 0.533. The molecule has 90 valence electrons. The van der Waals surface area contributed by atoms with Crippen LogP contribution in [0.15, 0.2) is 0 Å². The molecule has 1 saturated carbocycles. The normalized spacial score (nSPS) is 26.6. The SMILES string of the molecule is CC(O)C(C)N(C)C1CCC(C)(C)CC1. The molecule has 0 spiro atoms. The minimum Gasteiger partial charge on any atom is -0.392 e. The first-order valence-electron chi connectivity index (χ1n) is 6.23. The summed E-state index contributed by atoms with van der Waals surface area (Å²) in [7, 11) is 2.15. The second kappa shape index (κ2) is 4.84. The van der Waals surface area contributed by atoms with Gasteiger partial charge in [0.05, 0.1) is 6.10 Å². The van der Waals surface area contributed by atoms with Crippen LogP contribution in [-0.4, -0.2) is 35.2 Å². The Balaban J connectivity index is 2.46. The van der Waals surface area contributed by atoms with Gasteiger partial charge in [-0.2, -0.15) is 0 Å². The number of likely N-dealkylation sites (N-methyl/N-ethyl adjacent to an activating group) is 1. The van der Waals surface area contributed by atoms with Crippen LogP contribution in [0.4, 0.5) is 0 Å². The lowest BCUT2D eigenvalue weighted by Gasteiger charge is -2.41. The van der Waals surface area contributed by atoms with E-state index in [0.29, 0.717) is 11.5 Å². The summed E-state index contributed by atoms with van der Waals surface area (Å²) in [5, 5.41) is 9.58. The lowest BCUT2D eigenvalue weighted by atomic mass is 9.75. The van der Waals surface area contributed by atoms with Crippen molar-refractivity contribution < 1.29 is 5.11 Å². The van der Waals surface area contributed by atoms with Crippen LogP contribution in [0.1, 0.15) is 53.4 Å². The fourth-order valence-electron chi connectivity index (χ4n) is 2.46. The monoisotopic (exact) mass is 213 g/mol. The van der Waals surface area contributed by atoms with E-state index in [9.17, 15) is 5.11 Å². The largest absolute Gasteiger partial charge is 0.392 e. The zero-order chi connectivity index (χ0) is 11.6. The van der Waals surface area contributed by atoms with Crippen LogP contribution in [0.2, 0.25) is 0 Å². The van der Waals surface area contributed by atoms with Crippen LogP contribution in [0.5, 0.6) is 0 Å². The minimum absolute atomic E-state index is 0.232. The van der Waals surface area contributed by atoms with Gasteiger partial charge in [0.2, 0.25) is 0 Å². The quantitative estimate of drug-likeness (QED) is 0.779. The molecule has 1 aliphatic carbocycles. The summed E-state index contributed by atoms with van der Waals surface area (Å²) in [6.45, 7) is 8.72. The van der Waals surface area contributed by atoms with Gasteiger partial charge < -0.3 is 5.11 Å². The molecule has 1 fully saturated rings. The first-order chi connectivity index (χ1) is 6.83. The molecule has 0 heterocycles. The maximum atomic E-state index is 9.58. The summed E-state index contributed by atoms with van der Waals surface area (Å²) in [6, 6.07) is 0.943. The zero-order valence-corrected chi connectivity index (χ0v) is 11.0. The van der Waals surface area contributed by atoms with Crippen LogP contribution in [-0.2, 0) is 0 Å². The third-order valence-corrected chi connectivity index (χ3v) is 4.23. The molecule has 0 saturated heterocycles. The molecule has 0 aromatic rings. The molecular formula is C13H27NO. The highest BCUT2D eigenvalue weighted by Gasteiger charge is 2.31. The second-order valence-corrected chi connectivity index (χ2v) is 6.04. The molecule has 0 aliphatic heterocycles. The van der Waals surface area contributed by atoms with Crippen LogP contribution in [0.25, 0.3) is 0 Å². The van der Waals surface area contributed by atoms with Crippen LogP contribution >= 0.6 is 0 Å². The lowest BCUT2D eigenvalue weighted by molar-refractivity contribution is 0.0357. The van der Waals surface area contributed by atoms with Crippen molar-refractivity contribution in [2.75, 3.05) is 7.05 Å². The Morgan fingerprint density at radius 2 is 1.67 bits per heavy atom. The van der Waals surface area contributed by atoms with Crippen molar-refractivity contribution >= 4 is 0 Å². The number of hydrogen-bond acceptors (Lipinski definition) is 2. The number of aliphatic hydroxyl groups is 1. The van der Waals surface area contributed by atoms with Gasteiger partial charge in [0.25, 0.3) is 0 Å². The predicted molar refractivity (Wildman–Crippen MR) is 64.9 cm³/mol. The number of aliphatic hydroxyl groups excluding tert-OH is 1. The Kier molecular flexibility index (Phi) is 4.19. The van der Waals surface area contributed by atoms with Crippen LogP contribution < -0.4 is 0 Å².